The van der Waals surface area contributed by atoms with Gasteiger partial charge in [0, 0.05) is 45.6 Å². The van der Waals surface area contributed by atoms with Crippen LogP contribution >= 0.6 is 11.3 Å². The quantitative estimate of drug-likeness (QED) is 0.229. The second-order valence-corrected chi connectivity index (χ2v) is 11.3. The minimum absolute atomic E-state index is 0.0192. The summed E-state index contributed by atoms with van der Waals surface area (Å²) in [6.45, 7) is 6.14. The van der Waals surface area contributed by atoms with Gasteiger partial charge in [-0.1, -0.05) is 32.9 Å². The van der Waals surface area contributed by atoms with Gasteiger partial charge in [-0.3, -0.25) is 19.9 Å². The third kappa shape index (κ3) is 4.63. The third-order valence-electron chi connectivity index (χ3n) is 6.20. The van der Waals surface area contributed by atoms with Crippen molar-refractivity contribution >= 4 is 44.7 Å². The molecule has 0 saturated heterocycles. The van der Waals surface area contributed by atoms with Crippen LogP contribution in [0.3, 0.4) is 0 Å². The van der Waals surface area contributed by atoms with Gasteiger partial charge in [0.15, 0.2) is 0 Å². The Bertz CT molecular complexity index is 1740. The number of carbonyl (C=O) groups excluding carboxylic acids is 1. The van der Waals surface area contributed by atoms with E-state index in [1.165, 1.54) is 4.88 Å². The number of pyridine rings is 2. The summed E-state index contributed by atoms with van der Waals surface area (Å²) in [5.41, 5.74) is 7.29. The zero-order valence-electron chi connectivity index (χ0n) is 20.8. The number of nitrogens with one attached hydrogen (secondary N) is 3. The highest BCUT2D eigenvalue weighted by molar-refractivity contribution is 7.13. The van der Waals surface area contributed by atoms with E-state index in [1.54, 1.807) is 17.5 Å². The fourth-order valence-electron chi connectivity index (χ4n) is 4.56. The minimum Gasteiger partial charge on any atom is -0.352 e. The van der Waals surface area contributed by atoms with E-state index in [0.29, 0.717) is 12.1 Å². The zero-order chi connectivity index (χ0) is 25.6. The number of H-pyrrole nitrogens is 2. The standard InChI is InChI=1S/C29H26N6OS/c1-29(2,3)12-27(36)32-19-9-18(13-30-14-19)17-6-7-23-21(10-17)28(35-34-23)24-11-20-22(26-5-4-8-37-26)15-31-16-25(20)33-24/h4-11,13-16,33H,12H2,1-3H3,(H,32,36)(H,34,35). The molecule has 37 heavy (non-hydrogen) atoms. The van der Waals surface area contributed by atoms with Crippen molar-refractivity contribution in [3.8, 4) is 33.0 Å². The molecule has 0 saturated carbocycles. The molecule has 3 N–H and O–H groups in total. The minimum atomic E-state index is -0.0823. The van der Waals surface area contributed by atoms with Gasteiger partial charge < -0.3 is 10.3 Å². The molecule has 5 heterocycles. The number of nitrogens with zero attached hydrogens (tertiary/aromatic N) is 3. The van der Waals surface area contributed by atoms with Crippen LogP contribution in [0.5, 0.6) is 0 Å². The average Bonchev–Trinajstić information content (AvgIpc) is 3.61. The fourth-order valence-corrected chi connectivity index (χ4v) is 5.31. The summed E-state index contributed by atoms with van der Waals surface area (Å²) in [5, 5.41) is 15.0. The van der Waals surface area contributed by atoms with Gasteiger partial charge in [-0.2, -0.15) is 5.10 Å². The van der Waals surface area contributed by atoms with Gasteiger partial charge in [-0.15, -0.1) is 11.3 Å². The summed E-state index contributed by atoms with van der Waals surface area (Å²) < 4.78 is 0. The van der Waals surface area contributed by atoms with Crippen LogP contribution in [-0.4, -0.2) is 31.1 Å². The molecule has 0 fully saturated rings. The lowest BCUT2D eigenvalue weighted by Crippen LogP contribution is -2.19. The molecule has 0 aliphatic heterocycles. The van der Waals surface area contributed by atoms with Crippen molar-refractivity contribution in [1.82, 2.24) is 25.1 Å². The van der Waals surface area contributed by atoms with Crippen LogP contribution < -0.4 is 5.32 Å². The number of carbonyl (C=O) groups is 1. The van der Waals surface area contributed by atoms with Crippen molar-refractivity contribution in [2.75, 3.05) is 5.32 Å². The highest BCUT2D eigenvalue weighted by Gasteiger charge is 2.17. The molecule has 7 nitrogen and oxygen atoms in total. The van der Waals surface area contributed by atoms with Crippen molar-refractivity contribution in [3.63, 3.8) is 0 Å². The molecule has 0 bridgehead atoms. The first kappa shape index (κ1) is 23.1. The van der Waals surface area contributed by atoms with Crippen LogP contribution in [0.2, 0.25) is 0 Å². The molecule has 0 unspecified atom stereocenters. The Kier molecular flexibility index (Phi) is 5.61. The summed E-state index contributed by atoms with van der Waals surface area (Å²) in [6.07, 6.45) is 7.68. The van der Waals surface area contributed by atoms with E-state index in [2.05, 4.69) is 60.1 Å². The lowest BCUT2D eigenvalue weighted by molar-refractivity contribution is -0.117. The molecular weight excluding hydrogens is 480 g/mol. The molecule has 0 aliphatic rings. The van der Waals surface area contributed by atoms with Crippen molar-refractivity contribution in [2.24, 2.45) is 5.41 Å². The Hall–Kier alpha value is -4.30. The SMILES string of the molecule is CC(C)(C)CC(=O)Nc1cncc(-c2ccc3[nH]nc(-c4cc5c(-c6cccs6)cncc5[nH]4)c3c2)c1. The molecule has 0 spiro atoms. The Labute approximate surface area is 218 Å². The van der Waals surface area contributed by atoms with Crippen LogP contribution in [0.25, 0.3) is 54.8 Å². The van der Waals surface area contributed by atoms with E-state index < -0.39 is 0 Å². The zero-order valence-corrected chi connectivity index (χ0v) is 21.6. The monoisotopic (exact) mass is 506 g/mol. The second-order valence-electron chi connectivity index (χ2n) is 10.4. The fraction of sp³-hybridized carbons (Fsp3) is 0.172. The molecule has 1 amide bonds. The van der Waals surface area contributed by atoms with Crippen molar-refractivity contribution in [3.05, 3.63) is 72.6 Å². The van der Waals surface area contributed by atoms with Crippen molar-refractivity contribution in [1.29, 1.82) is 0 Å². The smallest absolute Gasteiger partial charge is 0.224 e. The Morgan fingerprint density at radius 1 is 0.946 bits per heavy atom. The highest BCUT2D eigenvalue weighted by atomic mass is 32.1. The molecule has 0 radical (unpaired) electrons. The third-order valence-corrected chi connectivity index (χ3v) is 7.10. The summed E-state index contributed by atoms with van der Waals surface area (Å²) in [5.74, 6) is -0.0192. The van der Waals surface area contributed by atoms with Crippen LogP contribution in [0, 0.1) is 5.41 Å². The van der Waals surface area contributed by atoms with Crippen molar-refractivity contribution in [2.45, 2.75) is 27.2 Å². The van der Waals surface area contributed by atoms with Gasteiger partial charge in [0.1, 0.15) is 5.69 Å². The number of aromatic nitrogens is 5. The number of benzene rings is 1. The molecular formula is C29H26N6OS. The first-order chi connectivity index (χ1) is 17.8. The maximum absolute atomic E-state index is 12.4. The molecule has 0 aliphatic carbocycles. The van der Waals surface area contributed by atoms with Crippen LogP contribution in [0.1, 0.15) is 27.2 Å². The predicted octanol–water partition coefficient (Wildman–Crippen LogP) is 7.27. The van der Waals surface area contributed by atoms with Crippen molar-refractivity contribution < 1.29 is 4.79 Å². The number of hydrogen-bond donors (Lipinski definition) is 3. The number of aromatic amines is 2. The van der Waals surface area contributed by atoms with Crippen LogP contribution in [-0.2, 0) is 4.79 Å². The highest BCUT2D eigenvalue weighted by Crippen LogP contribution is 2.36. The van der Waals surface area contributed by atoms with Gasteiger partial charge >= 0.3 is 0 Å². The number of hydrogen-bond acceptors (Lipinski definition) is 5. The van der Waals surface area contributed by atoms with Gasteiger partial charge in [0.25, 0.3) is 0 Å². The van der Waals surface area contributed by atoms with Gasteiger partial charge in [-0.25, -0.2) is 0 Å². The normalized spacial score (nSPS) is 11.9. The van der Waals surface area contributed by atoms with Gasteiger partial charge in [-0.05, 0) is 46.7 Å². The topological polar surface area (TPSA) is 99.3 Å². The lowest BCUT2D eigenvalue weighted by Gasteiger charge is -2.17. The molecule has 5 aromatic heterocycles. The predicted molar refractivity (Wildman–Crippen MR) is 150 cm³/mol. The molecule has 184 valence electrons. The molecule has 0 atom stereocenters. The average molecular weight is 507 g/mol. The van der Waals surface area contributed by atoms with E-state index in [-0.39, 0.29) is 11.3 Å². The number of amides is 1. The van der Waals surface area contributed by atoms with E-state index in [0.717, 1.165) is 49.9 Å². The summed E-state index contributed by atoms with van der Waals surface area (Å²) in [4.78, 5) is 25.9. The lowest BCUT2D eigenvalue weighted by atomic mass is 9.92. The summed E-state index contributed by atoms with van der Waals surface area (Å²) in [7, 11) is 0. The number of anilines is 1. The van der Waals surface area contributed by atoms with Gasteiger partial charge in [0.2, 0.25) is 5.91 Å². The molecule has 6 rings (SSSR count). The van der Waals surface area contributed by atoms with E-state index >= 15 is 0 Å². The van der Waals surface area contributed by atoms with Gasteiger partial charge in [0.05, 0.1) is 34.8 Å². The maximum atomic E-state index is 12.4. The maximum Gasteiger partial charge on any atom is 0.224 e. The van der Waals surface area contributed by atoms with Crippen LogP contribution in [0.15, 0.2) is 72.6 Å². The molecule has 6 aromatic rings. The van der Waals surface area contributed by atoms with E-state index in [4.69, 9.17) is 0 Å². The van der Waals surface area contributed by atoms with E-state index in [1.807, 2.05) is 57.6 Å². The first-order valence-electron chi connectivity index (χ1n) is 12.1. The summed E-state index contributed by atoms with van der Waals surface area (Å²) in [6, 6.07) is 14.4. The molecule has 8 heteroatoms. The largest absolute Gasteiger partial charge is 0.352 e. The molecule has 1 aromatic carbocycles. The Balaban J connectivity index is 1.36. The van der Waals surface area contributed by atoms with Crippen LogP contribution in [0.4, 0.5) is 5.69 Å². The number of rotatable bonds is 5. The Morgan fingerprint density at radius 2 is 1.81 bits per heavy atom. The second kappa shape index (κ2) is 8.97. The van der Waals surface area contributed by atoms with E-state index in [9.17, 15) is 4.79 Å². The number of thiophene rings is 1. The Morgan fingerprint density at radius 3 is 2.62 bits per heavy atom. The summed E-state index contributed by atoms with van der Waals surface area (Å²) >= 11 is 1.70. The first-order valence-corrected chi connectivity index (χ1v) is 13.0. The number of fused-ring (bicyclic) bond motifs is 2.